The number of aliphatic hydroxyl groups is 1. The molecule has 0 bridgehead atoms. The zero-order valence-corrected chi connectivity index (χ0v) is 11.0. The molecule has 0 aliphatic carbocycles. The second-order valence-corrected chi connectivity index (χ2v) is 5.70. The van der Waals surface area contributed by atoms with Crippen molar-refractivity contribution < 1.29 is 5.11 Å². The molecule has 2 nitrogen and oxygen atoms in total. The summed E-state index contributed by atoms with van der Waals surface area (Å²) < 4.78 is 0. The molecule has 0 aromatic heterocycles. The van der Waals surface area contributed by atoms with Crippen molar-refractivity contribution in [3.8, 4) is 0 Å². The van der Waals surface area contributed by atoms with E-state index in [-0.39, 0.29) is 12.0 Å². The summed E-state index contributed by atoms with van der Waals surface area (Å²) >= 11 is 0. The van der Waals surface area contributed by atoms with Crippen LogP contribution in [-0.4, -0.2) is 18.7 Å². The molecule has 0 atom stereocenters. The number of hydrogen-bond acceptors (Lipinski definition) is 2. The minimum atomic E-state index is 0.115. The third kappa shape index (κ3) is 3.53. The van der Waals surface area contributed by atoms with Gasteiger partial charge in [-0.2, -0.15) is 0 Å². The largest absolute Gasteiger partial charge is 0.392 e. The number of nitrogens with zero attached hydrogens (tertiary/aromatic N) is 1. The zero-order chi connectivity index (χ0) is 12.3. The highest BCUT2D eigenvalue weighted by Crippen LogP contribution is 2.24. The van der Waals surface area contributed by atoms with E-state index in [4.69, 9.17) is 5.11 Å². The molecule has 0 unspecified atom stereocenters. The highest BCUT2D eigenvalue weighted by Gasteiger charge is 2.15. The standard InChI is InChI=1S/C14H23NO/c1-11-8-12(9-16)6-7-13(11)15(5)10-14(2,3)4/h6-8,16H,9-10H2,1-5H3. The van der Waals surface area contributed by atoms with Crippen LogP contribution in [0.4, 0.5) is 5.69 Å². The molecule has 1 aromatic carbocycles. The van der Waals surface area contributed by atoms with E-state index in [0.29, 0.717) is 0 Å². The number of benzene rings is 1. The van der Waals surface area contributed by atoms with Gasteiger partial charge in [-0.3, -0.25) is 0 Å². The fourth-order valence-electron chi connectivity index (χ4n) is 2.04. The second kappa shape index (κ2) is 4.88. The molecule has 0 amide bonds. The first-order valence-corrected chi connectivity index (χ1v) is 5.75. The van der Waals surface area contributed by atoms with Crippen molar-refractivity contribution in [1.29, 1.82) is 0 Å². The maximum absolute atomic E-state index is 9.06. The van der Waals surface area contributed by atoms with Crippen LogP contribution in [0.1, 0.15) is 31.9 Å². The lowest BCUT2D eigenvalue weighted by molar-refractivity contribution is 0.282. The Balaban J connectivity index is 2.88. The lowest BCUT2D eigenvalue weighted by Crippen LogP contribution is -2.29. The first kappa shape index (κ1) is 13.0. The Bertz CT molecular complexity index is 352. The highest BCUT2D eigenvalue weighted by molar-refractivity contribution is 5.54. The maximum Gasteiger partial charge on any atom is 0.0681 e. The molecule has 0 aliphatic heterocycles. The molecule has 1 N–H and O–H groups in total. The van der Waals surface area contributed by atoms with Crippen molar-refractivity contribution >= 4 is 5.69 Å². The van der Waals surface area contributed by atoms with E-state index in [9.17, 15) is 0 Å². The van der Waals surface area contributed by atoms with Gasteiger partial charge in [0.2, 0.25) is 0 Å². The molecule has 1 aromatic rings. The van der Waals surface area contributed by atoms with Crippen molar-refractivity contribution in [1.82, 2.24) is 0 Å². The second-order valence-electron chi connectivity index (χ2n) is 5.70. The fourth-order valence-corrected chi connectivity index (χ4v) is 2.04. The summed E-state index contributed by atoms with van der Waals surface area (Å²) in [4.78, 5) is 2.27. The predicted molar refractivity (Wildman–Crippen MR) is 69.8 cm³/mol. The van der Waals surface area contributed by atoms with Crippen molar-refractivity contribution in [2.75, 3.05) is 18.5 Å². The topological polar surface area (TPSA) is 23.5 Å². The van der Waals surface area contributed by atoms with Gasteiger partial charge in [-0.05, 0) is 29.5 Å². The summed E-state index contributed by atoms with van der Waals surface area (Å²) in [6.45, 7) is 9.94. The van der Waals surface area contributed by atoms with Crippen LogP contribution >= 0.6 is 0 Å². The first-order valence-electron chi connectivity index (χ1n) is 5.75. The van der Waals surface area contributed by atoms with Crippen molar-refractivity contribution in [2.45, 2.75) is 34.3 Å². The SMILES string of the molecule is Cc1cc(CO)ccc1N(C)CC(C)(C)C. The van der Waals surface area contributed by atoms with Crippen LogP contribution in [-0.2, 0) is 6.61 Å². The van der Waals surface area contributed by atoms with Gasteiger partial charge in [0.15, 0.2) is 0 Å². The molecular weight excluding hydrogens is 198 g/mol. The van der Waals surface area contributed by atoms with Gasteiger partial charge in [0, 0.05) is 19.3 Å². The van der Waals surface area contributed by atoms with E-state index in [1.807, 2.05) is 6.07 Å². The first-order chi connectivity index (χ1) is 7.33. The van der Waals surface area contributed by atoms with Crippen molar-refractivity contribution in [2.24, 2.45) is 5.41 Å². The Hall–Kier alpha value is -1.02. The molecule has 0 spiro atoms. The van der Waals surface area contributed by atoms with Crippen molar-refractivity contribution in [3.05, 3.63) is 29.3 Å². The summed E-state index contributed by atoms with van der Waals surface area (Å²) in [6, 6.07) is 6.13. The molecule has 0 aliphatic rings. The molecule has 0 saturated carbocycles. The molecule has 90 valence electrons. The Labute approximate surface area is 98.9 Å². The predicted octanol–water partition coefficient (Wildman–Crippen LogP) is 2.97. The Morgan fingerprint density at radius 2 is 1.88 bits per heavy atom. The fraction of sp³-hybridized carbons (Fsp3) is 0.571. The van der Waals surface area contributed by atoms with E-state index >= 15 is 0 Å². The van der Waals surface area contributed by atoms with E-state index in [1.54, 1.807) is 0 Å². The Morgan fingerprint density at radius 1 is 1.25 bits per heavy atom. The van der Waals surface area contributed by atoms with E-state index in [2.05, 4.69) is 51.8 Å². The van der Waals surface area contributed by atoms with Crippen LogP contribution in [0.15, 0.2) is 18.2 Å². The third-order valence-corrected chi connectivity index (χ3v) is 2.57. The highest BCUT2D eigenvalue weighted by atomic mass is 16.3. The minimum absolute atomic E-state index is 0.115. The average molecular weight is 221 g/mol. The van der Waals surface area contributed by atoms with Crippen LogP contribution in [0, 0.1) is 12.3 Å². The summed E-state index contributed by atoms with van der Waals surface area (Å²) in [5, 5.41) is 9.06. The van der Waals surface area contributed by atoms with Crippen LogP contribution in [0.2, 0.25) is 0 Å². The lowest BCUT2D eigenvalue weighted by Gasteiger charge is -2.29. The van der Waals surface area contributed by atoms with E-state index < -0.39 is 0 Å². The van der Waals surface area contributed by atoms with Gasteiger partial charge in [-0.1, -0.05) is 32.9 Å². The number of rotatable bonds is 3. The smallest absolute Gasteiger partial charge is 0.0681 e. The molecule has 16 heavy (non-hydrogen) atoms. The van der Waals surface area contributed by atoms with Gasteiger partial charge < -0.3 is 10.0 Å². The van der Waals surface area contributed by atoms with Crippen molar-refractivity contribution in [3.63, 3.8) is 0 Å². The molecular formula is C14H23NO. The number of aliphatic hydroxyl groups excluding tert-OH is 1. The number of hydrogen-bond donors (Lipinski definition) is 1. The van der Waals surface area contributed by atoms with Gasteiger partial charge in [0.05, 0.1) is 6.61 Å². The molecule has 1 rings (SSSR count). The zero-order valence-electron chi connectivity index (χ0n) is 11.0. The summed E-state index contributed by atoms with van der Waals surface area (Å²) in [7, 11) is 2.12. The van der Waals surface area contributed by atoms with Gasteiger partial charge in [-0.25, -0.2) is 0 Å². The van der Waals surface area contributed by atoms with Crippen LogP contribution in [0.5, 0.6) is 0 Å². The quantitative estimate of drug-likeness (QED) is 0.848. The average Bonchev–Trinajstić information content (AvgIpc) is 2.14. The maximum atomic E-state index is 9.06. The third-order valence-electron chi connectivity index (χ3n) is 2.57. The summed E-state index contributed by atoms with van der Waals surface area (Å²) in [5.74, 6) is 0. The lowest BCUT2D eigenvalue weighted by atomic mass is 9.95. The molecule has 0 saturated heterocycles. The van der Waals surface area contributed by atoms with Gasteiger partial charge >= 0.3 is 0 Å². The monoisotopic (exact) mass is 221 g/mol. The van der Waals surface area contributed by atoms with E-state index in [1.165, 1.54) is 11.3 Å². The number of anilines is 1. The number of aryl methyl sites for hydroxylation is 1. The van der Waals surface area contributed by atoms with Gasteiger partial charge in [-0.15, -0.1) is 0 Å². The molecule has 0 fully saturated rings. The van der Waals surface area contributed by atoms with Crippen LogP contribution in [0.3, 0.4) is 0 Å². The summed E-state index contributed by atoms with van der Waals surface area (Å²) in [6.07, 6.45) is 0. The molecule has 2 heteroatoms. The Kier molecular flexibility index (Phi) is 3.98. The molecule has 0 heterocycles. The normalized spacial score (nSPS) is 11.6. The van der Waals surface area contributed by atoms with Crippen LogP contribution in [0.25, 0.3) is 0 Å². The molecule has 0 radical (unpaired) electrons. The van der Waals surface area contributed by atoms with Gasteiger partial charge in [0.1, 0.15) is 0 Å². The van der Waals surface area contributed by atoms with Gasteiger partial charge in [0.25, 0.3) is 0 Å². The Morgan fingerprint density at radius 3 is 2.31 bits per heavy atom. The minimum Gasteiger partial charge on any atom is -0.392 e. The van der Waals surface area contributed by atoms with Crippen LogP contribution < -0.4 is 4.90 Å². The van der Waals surface area contributed by atoms with E-state index in [0.717, 1.165) is 12.1 Å². The summed E-state index contributed by atoms with van der Waals surface area (Å²) in [5.41, 5.74) is 3.73.